The second-order valence-electron chi connectivity index (χ2n) is 7.03. The highest BCUT2D eigenvalue weighted by molar-refractivity contribution is 6.06. The first-order valence-corrected chi connectivity index (χ1v) is 9.23. The zero-order valence-electron chi connectivity index (χ0n) is 17.0. The Labute approximate surface area is 171 Å². The summed E-state index contributed by atoms with van der Waals surface area (Å²) in [5, 5.41) is 8.31. The zero-order valence-corrected chi connectivity index (χ0v) is 17.0. The molecule has 2 aromatic heterocycles. The molecule has 3 N–H and O–H groups in total. The van der Waals surface area contributed by atoms with Crippen LogP contribution in [-0.2, 0) is 14.1 Å². The molecule has 0 unspecified atom stereocenters. The van der Waals surface area contributed by atoms with Gasteiger partial charge in [-0.05, 0) is 38.1 Å². The number of benzene rings is 1. The van der Waals surface area contributed by atoms with E-state index in [1.807, 2.05) is 13.8 Å². The Kier molecular flexibility index (Phi) is 5.67. The molecule has 0 atom stereocenters. The van der Waals surface area contributed by atoms with Gasteiger partial charge in [0.05, 0.1) is 16.8 Å². The highest BCUT2D eigenvalue weighted by Crippen LogP contribution is 2.21. The number of aromatic nitrogens is 3. The number of rotatable bonds is 4. The van der Waals surface area contributed by atoms with Gasteiger partial charge in [0.15, 0.2) is 0 Å². The van der Waals surface area contributed by atoms with Gasteiger partial charge in [0.2, 0.25) is 0 Å². The predicted octanol–water partition coefficient (Wildman–Crippen LogP) is 1.41. The molecule has 10 nitrogen and oxygen atoms in total. The Bertz CT molecular complexity index is 1260. The van der Waals surface area contributed by atoms with Crippen LogP contribution in [0.4, 0.5) is 16.2 Å². The number of pyridine rings is 1. The van der Waals surface area contributed by atoms with Gasteiger partial charge in [0.1, 0.15) is 11.3 Å². The van der Waals surface area contributed by atoms with Crippen molar-refractivity contribution in [3.8, 4) is 0 Å². The van der Waals surface area contributed by atoms with Crippen molar-refractivity contribution in [1.82, 2.24) is 19.4 Å². The Morgan fingerprint density at radius 3 is 2.20 bits per heavy atom. The van der Waals surface area contributed by atoms with Crippen molar-refractivity contribution in [2.75, 3.05) is 10.6 Å². The van der Waals surface area contributed by atoms with Crippen molar-refractivity contribution in [3.63, 3.8) is 0 Å². The lowest BCUT2D eigenvalue weighted by atomic mass is 10.2. The van der Waals surface area contributed by atoms with Crippen molar-refractivity contribution in [2.45, 2.75) is 19.9 Å². The first-order chi connectivity index (χ1) is 14.2. The molecular weight excluding hydrogens is 388 g/mol. The van der Waals surface area contributed by atoms with Gasteiger partial charge in [-0.1, -0.05) is 12.1 Å². The van der Waals surface area contributed by atoms with Crippen LogP contribution in [0, 0.1) is 0 Å². The standard InChI is InChI=1S/C20H22N6O4/c1-11(2)21-19(29)24-14-8-6-5-7-13(14)23-17(27)15-10-9-12-16(22-15)25(3)20(30)26(4)18(12)28/h5-11H,1-4H3,(H,23,27)(H2,21,24,29). The normalized spacial score (nSPS) is 10.8. The maximum Gasteiger partial charge on any atom is 0.332 e. The SMILES string of the molecule is CC(C)NC(=O)Nc1ccccc1NC(=O)c1ccc2c(=O)n(C)c(=O)n(C)c2n1. The summed E-state index contributed by atoms with van der Waals surface area (Å²) in [5.74, 6) is -0.552. The first-order valence-electron chi connectivity index (χ1n) is 9.23. The molecule has 1 aromatic carbocycles. The Morgan fingerprint density at radius 1 is 0.933 bits per heavy atom. The highest BCUT2D eigenvalue weighted by Gasteiger charge is 2.16. The van der Waals surface area contributed by atoms with E-state index in [-0.39, 0.29) is 22.8 Å². The molecule has 0 aliphatic carbocycles. The molecule has 0 saturated carbocycles. The van der Waals surface area contributed by atoms with Gasteiger partial charge in [0.25, 0.3) is 11.5 Å². The number of carbonyl (C=O) groups excluding carboxylic acids is 2. The van der Waals surface area contributed by atoms with E-state index >= 15 is 0 Å². The van der Waals surface area contributed by atoms with Crippen molar-refractivity contribution < 1.29 is 9.59 Å². The molecule has 3 rings (SSSR count). The fraction of sp³-hybridized carbons (Fsp3) is 0.250. The number of fused-ring (bicyclic) bond motifs is 1. The molecule has 0 spiro atoms. The number of urea groups is 1. The highest BCUT2D eigenvalue weighted by atomic mass is 16.2. The van der Waals surface area contributed by atoms with Gasteiger partial charge in [-0.2, -0.15) is 0 Å². The van der Waals surface area contributed by atoms with Crippen molar-refractivity contribution >= 4 is 34.3 Å². The summed E-state index contributed by atoms with van der Waals surface area (Å²) >= 11 is 0. The maximum atomic E-state index is 12.7. The lowest BCUT2D eigenvalue weighted by Gasteiger charge is -2.14. The Morgan fingerprint density at radius 2 is 1.57 bits per heavy atom. The average Bonchev–Trinajstić information content (AvgIpc) is 2.71. The molecule has 0 fully saturated rings. The predicted molar refractivity (Wildman–Crippen MR) is 114 cm³/mol. The molecule has 0 saturated heterocycles. The number of hydrogen-bond acceptors (Lipinski definition) is 5. The van der Waals surface area contributed by atoms with Crippen LogP contribution in [0.1, 0.15) is 24.3 Å². The van der Waals surface area contributed by atoms with Gasteiger partial charge in [0, 0.05) is 20.1 Å². The number of aryl methyl sites for hydroxylation is 1. The van der Waals surface area contributed by atoms with E-state index < -0.39 is 23.2 Å². The van der Waals surface area contributed by atoms with Crippen LogP contribution < -0.4 is 27.2 Å². The minimum absolute atomic E-state index is 0.0205. The minimum Gasteiger partial charge on any atom is -0.336 e. The lowest BCUT2D eigenvalue weighted by molar-refractivity contribution is 0.102. The quantitative estimate of drug-likeness (QED) is 0.599. The number of hydrogen-bond donors (Lipinski definition) is 3. The van der Waals surface area contributed by atoms with E-state index in [2.05, 4.69) is 20.9 Å². The first kappa shape index (κ1) is 20.8. The van der Waals surface area contributed by atoms with E-state index in [9.17, 15) is 19.2 Å². The molecule has 30 heavy (non-hydrogen) atoms. The van der Waals surface area contributed by atoms with Crippen molar-refractivity contribution in [1.29, 1.82) is 0 Å². The van der Waals surface area contributed by atoms with Gasteiger partial charge in [-0.25, -0.2) is 14.6 Å². The summed E-state index contributed by atoms with van der Waals surface area (Å²) in [6.07, 6.45) is 0. The van der Waals surface area contributed by atoms with E-state index in [1.165, 1.54) is 30.8 Å². The third-order valence-corrected chi connectivity index (χ3v) is 4.38. The van der Waals surface area contributed by atoms with Crippen LogP contribution in [0.25, 0.3) is 11.0 Å². The van der Waals surface area contributed by atoms with Crippen LogP contribution in [0.2, 0.25) is 0 Å². The van der Waals surface area contributed by atoms with Crippen LogP contribution in [-0.4, -0.2) is 32.1 Å². The Hall–Kier alpha value is -3.95. The van der Waals surface area contributed by atoms with E-state index in [1.54, 1.807) is 24.3 Å². The summed E-state index contributed by atoms with van der Waals surface area (Å²) in [6, 6.07) is 9.13. The molecule has 156 valence electrons. The topological polar surface area (TPSA) is 127 Å². The summed E-state index contributed by atoms with van der Waals surface area (Å²) in [4.78, 5) is 53.3. The largest absolute Gasteiger partial charge is 0.336 e. The summed E-state index contributed by atoms with van der Waals surface area (Å²) < 4.78 is 2.19. The zero-order chi connectivity index (χ0) is 22.0. The number of para-hydroxylation sites is 2. The minimum atomic E-state index is -0.552. The van der Waals surface area contributed by atoms with Crippen LogP contribution in [0.3, 0.4) is 0 Å². The molecule has 3 aromatic rings. The Balaban J connectivity index is 1.92. The van der Waals surface area contributed by atoms with Crippen molar-refractivity contribution in [2.24, 2.45) is 14.1 Å². The molecule has 3 amide bonds. The maximum absolute atomic E-state index is 12.7. The van der Waals surface area contributed by atoms with Gasteiger partial charge < -0.3 is 16.0 Å². The summed E-state index contributed by atoms with van der Waals surface area (Å²) in [6.45, 7) is 3.67. The monoisotopic (exact) mass is 410 g/mol. The third kappa shape index (κ3) is 4.07. The van der Waals surface area contributed by atoms with Crippen LogP contribution in [0.5, 0.6) is 0 Å². The molecule has 0 bridgehead atoms. The fourth-order valence-corrected chi connectivity index (χ4v) is 2.89. The molecule has 0 aliphatic rings. The second kappa shape index (κ2) is 8.19. The van der Waals surface area contributed by atoms with E-state index in [0.717, 1.165) is 4.57 Å². The van der Waals surface area contributed by atoms with Crippen molar-refractivity contribution in [3.05, 3.63) is 62.9 Å². The molecule has 0 radical (unpaired) electrons. The second-order valence-corrected chi connectivity index (χ2v) is 7.03. The average molecular weight is 410 g/mol. The van der Waals surface area contributed by atoms with Gasteiger partial charge in [-0.15, -0.1) is 0 Å². The molecule has 10 heteroatoms. The smallest absolute Gasteiger partial charge is 0.332 e. The van der Waals surface area contributed by atoms with Gasteiger partial charge >= 0.3 is 11.7 Å². The van der Waals surface area contributed by atoms with Crippen LogP contribution >= 0.6 is 0 Å². The number of carbonyl (C=O) groups is 2. The van der Waals surface area contributed by atoms with Gasteiger partial charge in [-0.3, -0.25) is 18.7 Å². The lowest BCUT2D eigenvalue weighted by Crippen LogP contribution is -2.37. The number of amides is 3. The molecule has 2 heterocycles. The number of nitrogens with zero attached hydrogens (tertiary/aromatic N) is 3. The number of nitrogens with one attached hydrogen (secondary N) is 3. The molecular formula is C20H22N6O4. The summed E-state index contributed by atoms with van der Waals surface area (Å²) in [7, 11) is 2.86. The summed E-state index contributed by atoms with van der Waals surface area (Å²) in [5.41, 5.74) is -0.112. The van der Waals surface area contributed by atoms with E-state index in [0.29, 0.717) is 11.4 Å². The fourth-order valence-electron chi connectivity index (χ4n) is 2.89. The molecule has 0 aliphatic heterocycles. The van der Waals surface area contributed by atoms with E-state index in [4.69, 9.17) is 0 Å². The van der Waals surface area contributed by atoms with Crippen LogP contribution in [0.15, 0.2) is 46.0 Å². The third-order valence-electron chi connectivity index (χ3n) is 4.38. The number of anilines is 2.